The molecule has 1 amide bonds. The molecule has 0 atom stereocenters. The molecule has 6 heteroatoms. The van der Waals surface area contributed by atoms with Crippen LogP contribution in [0.2, 0.25) is 0 Å². The van der Waals surface area contributed by atoms with Crippen molar-refractivity contribution in [3.05, 3.63) is 24.5 Å². The maximum atomic E-state index is 11.4. The van der Waals surface area contributed by atoms with Crippen molar-refractivity contribution in [1.29, 1.82) is 0 Å². The Balaban J connectivity index is 0.00000200. The summed E-state index contributed by atoms with van der Waals surface area (Å²) in [6.07, 6.45) is 5.92. The van der Waals surface area contributed by atoms with Gasteiger partial charge < -0.3 is 15.5 Å². The molecule has 112 valence electrons. The first-order valence-electron chi connectivity index (χ1n) is 6.86. The summed E-state index contributed by atoms with van der Waals surface area (Å²) in [5.41, 5.74) is 1.24. The number of nitrogens with zero attached hydrogens (tertiary/aromatic N) is 2. The molecule has 2 rings (SSSR count). The van der Waals surface area contributed by atoms with Gasteiger partial charge in [-0.1, -0.05) is 0 Å². The summed E-state index contributed by atoms with van der Waals surface area (Å²) in [6, 6.07) is 4.10. The Hall–Kier alpha value is -1.33. The molecule has 1 aromatic heterocycles. The van der Waals surface area contributed by atoms with Gasteiger partial charge in [0.15, 0.2) is 0 Å². The Labute approximate surface area is 126 Å². The molecule has 0 bridgehead atoms. The maximum Gasteiger partial charge on any atom is 0.233 e. The largest absolute Gasteiger partial charge is 0.371 e. The third-order valence-electron chi connectivity index (χ3n) is 3.57. The molecule has 0 spiro atoms. The summed E-state index contributed by atoms with van der Waals surface area (Å²) in [4.78, 5) is 17.8. The van der Waals surface area contributed by atoms with E-state index in [1.807, 2.05) is 12.4 Å². The van der Waals surface area contributed by atoms with Crippen LogP contribution in [0.1, 0.15) is 12.8 Å². The summed E-state index contributed by atoms with van der Waals surface area (Å²) < 4.78 is 0. The number of likely N-dealkylation sites (N-methyl/N-ethyl adjacent to an activating group) is 1. The van der Waals surface area contributed by atoms with Gasteiger partial charge in [-0.2, -0.15) is 0 Å². The second-order valence-corrected chi connectivity index (χ2v) is 4.97. The van der Waals surface area contributed by atoms with Crippen molar-refractivity contribution >= 4 is 24.0 Å². The molecule has 0 aromatic carbocycles. The molecule has 1 aliphatic rings. The number of rotatable bonds is 5. The van der Waals surface area contributed by atoms with E-state index in [2.05, 4.69) is 32.7 Å². The van der Waals surface area contributed by atoms with Crippen LogP contribution in [0, 0.1) is 5.92 Å². The Morgan fingerprint density at radius 3 is 2.60 bits per heavy atom. The first-order valence-corrected chi connectivity index (χ1v) is 6.86. The first kappa shape index (κ1) is 16.7. The summed E-state index contributed by atoms with van der Waals surface area (Å²) >= 11 is 0. The number of halogens is 1. The van der Waals surface area contributed by atoms with Gasteiger partial charge in [0.2, 0.25) is 5.91 Å². The molecule has 0 radical (unpaired) electrons. The zero-order valence-electron chi connectivity index (χ0n) is 11.8. The van der Waals surface area contributed by atoms with Gasteiger partial charge >= 0.3 is 0 Å². The smallest absolute Gasteiger partial charge is 0.233 e. The average Bonchev–Trinajstić information content (AvgIpc) is 2.47. The van der Waals surface area contributed by atoms with E-state index in [0.717, 1.165) is 32.5 Å². The number of hydrogen-bond acceptors (Lipinski definition) is 4. The van der Waals surface area contributed by atoms with Crippen molar-refractivity contribution in [3.63, 3.8) is 0 Å². The number of piperidine rings is 1. The monoisotopic (exact) mass is 298 g/mol. The summed E-state index contributed by atoms with van der Waals surface area (Å²) in [7, 11) is 1.78. The van der Waals surface area contributed by atoms with Crippen LogP contribution in [0.5, 0.6) is 0 Å². The summed E-state index contributed by atoms with van der Waals surface area (Å²) in [6.45, 7) is 3.30. The van der Waals surface area contributed by atoms with Gasteiger partial charge in [0.05, 0.1) is 6.54 Å². The number of aromatic nitrogens is 1. The molecule has 20 heavy (non-hydrogen) atoms. The van der Waals surface area contributed by atoms with Crippen LogP contribution in [0.4, 0.5) is 5.69 Å². The fourth-order valence-electron chi connectivity index (χ4n) is 2.43. The highest BCUT2D eigenvalue weighted by molar-refractivity contribution is 5.85. The summed E-state index contributed by atoms with van der Waals surface area (Å²) in [5, 5.41) is 5.84. The van der Waals surface area contributed by atoms with Crippen LogP contribution in [0.15, 0.2) is 24.5 Å². The first-order chi connectivity index (χ1) is 9.29. The third-order valence-corrected chi connectivity index (χ3v) is 3.57. The Bertz CT molecular complexity index is 393. The predicted molar refractivity (Wildman–Crippen MR) is 83.4 cm³/mol. The van der Waals surface area contributed by atoms with Crippen molar-refractivity contribution in [2.45, 2.75) is 12.8 Å². The van der Waals surface area contributed by atoms with Crippen LogP contribution >= 0.6 is 12.4 Å². The molecule has 0 saturated carbocycles. The average molecular weight is 299 g/mol. The molecule has 5 nitrogen and oxygen atoms in total. The van der Waals surface area contributed by atoms with Crippen molar-refractivity contribution in [2.75, 3.05) is 38.1 Å². The number of anilines is 1. The lowest BCUT2D eigenvalue weighted by Crippen LogP contribution is -2.40. The topological polar surface area (TPSA) is 57.3 Å². The zero-order chi connectivity index (χ0) is 13.5. The Kier molecular flexibility index (Phi) is 7.33. The molecule has 1 fully saturated rings. The van der Waals surface area contributed by atoms with Crippen molar-refractivity contribution in [3.8, 4) is 0 Å². The number of amides is 1. The molecular formula is C14H23ClN4O. The van der Waals surface area contributed by atoms with Gasteiger partial charge in [0, 0.05) is 37.7 Å². The van der Waals surface area contributed by atoms with Crippen molar-refractivity contribution in [2.24, 2.45) is 5.92 Å². The van der Waals surface area contributed by atoms with Crippen LogP contribution in [-0.2, 0) is 4.79 Å². The van der Waals surface area contributed by atoms with E-state index in [1.54, 1.807) is 7.05 Å². The van der Waals surface area contributed by atoms with Crippen molar-refractivity contribution in [1.82, 2.24) is 15.6 Å². The van der Waals surface area contributed by atoms with Gasteiger partial charge in [0.25, 0.3) is 0 Å². The van der Waals surface area contributed by atoms with Crippen molar-refractivity contribution < 1.29 is 4.79 Å². The van der Waals surface area contributed by atoms with E-state index in [0.29, 0.717) is 12.5 Å². The number of nitrogens with one attached hydrogen (secondary N) is 2. The molecule has 1 aliphatic heterocycles. The summed E-state index contributed by atoms with van der Waals surface area (Å²) in [5.74, 6) is 0.679. The normalized spacial score (nSPS) is 15.6. The molecule has 2 heterocycles. The minimum Gasteiger partial charge on any atom is -0.371 e. The van der Waals surface area contributed by atoms with E-state index < -0.39 is 0 Å². The van der Waals surface area contributed by atoms with E-state index in [9.17, 15) is 4.79 Å². The number of hydrogen-bond donors (Lipinski definition) is 2. The van der Waals surface area contributed by atoms with Gasteiger partial charge in [-0.05, 0) is 37.9 Å². The highest BCUT2D eigenvalue weighted by Gasteiger charge is 2.19. The lowest BCUT2D eigenvalue weighted by molar-refractivity contribution is -0.120. The molecule has 1 aromatic rings. The lowest BCUT2D eigenvalue weighted by atomic mass is 9.96. The van der Waals surface area contributed by atoms with Crippen LogP contribution in [-0.4, -0.2) is 44.1 Å². The highest BCUT2D eigenvalue weighted by atomic mass is 35.5. The van der Waals surface area contributed by atoms with Gasteiger partial charge in [-0.15, -0.1) is 12.4 Å². The van der Waals surface area contributed by atoms with E-state index >= 15 is 0 Å². The van der Waals surface area contributed by atoms with E-state index in [-0.39, 0.29) is 18.3 Å². The molecule has 1 saturated heterocycles. The van der Waals surface area contributed by atoms with E-state index in [4.69, 9.17) is 0 Å². The molecule has 2 N–H and O–H groups in total. The molecule has 0 aliphatic carbocycles. The second kappa shape index (κ2) is 8.76. The lowest BCUT2D eigenvalue weighted by Gasteiger charge is -2.33. The molecular weight excluding hydrogens is 276 g/mol. The standard InChI is InChI=1S/C14H22N4O.ClH/c1-15-11-14(19)17-10-12-4-8-18(9-5-12)13-2-6-16-7-3-13;/h2-3,6-7,12,15H,4-5,8-11H2,1H3,(H,17,19);1H. The minimum absolute atomic E-state index is 0. The highest BCUT2D eigenvalue weighted by Crippen LogP contribution is 2.22. The third kappa shape index (κ3) is 4.98. The minimum atomic E-state index is 0. The van der Waals surface area contributed by atoms with Crippen LogP contribution in [0.25, 0.3) is 0 Å². The second-order valence-electron chi connectivity index (χ2n) is 4.97. The van der Waals surface area contributed by atoms with Gasteiger partial charge in [-0.25, -0.2) is 0 Å². The zero-order valence-corrected chi connectivity index (χ0v) is 12.7. The maximum absolute atomic E-state index is 11.4. The fourth-order valence-corrected chi connectivity index (χ4v) is 2.43. The SMILES string of the molecule is CNCC(=O)NCC1CCN(c2ccncc2)CC1.Cl. The van der Waals surface area contributed by atoms with Crippen LogP contribution in [0.3, 0.4) is 0 Å². The van der Waals surface area contributed by atoms with Gasteiger partial charge in [-0.3, -0.25) is 9.78 Å². The Morgan fingerprint density at radius 2 is 2.00 bits per heavy atom. The molecule has 0 unspecified atom stereocenters. The van der Waals surface area contributed by atoms with Crippen LogP contribution < -0.4 is 15.5 Å². The fraction of sp³-hybridized carbons (Fsp3) is 0.571. The number of carbonyl (C=O) groups is 1. The number of pyridine rings is 1. The Morgan fingerprint density at radius 1 is 1.35 bits per heavy atom. The van der Waals surface area contributed by atoms with Gasteiger partial charge in [0.1, 0.15) is 0 Å². The predicted octanol–water partition coefficient (Wildman–Crippen LogP) is 1.06. The quantitative estimate of drug-likeness (QED) is 0.853. The number of carbonyl (C=O) groups excluding carboxylic acids is 1. The van der Waals surface area contributed by atoms with E-state index in [1.165, 1.54) is 5.69 Å².